The molecule has 5 nitrogen and oxygen atoms in total. The monoisotopic (exact) mass is 644 g/mol. The van der Waals surface area contributed by atoms with Gasteiger partial charge in [0.1, 0.15) is 0 Å². The molecule has 1 N–H and O–H groups in total. The highest BCUT2D eigenvalue weighted by Gasteiger charge is 2.69. The second-order valence-corrected chi connectivity index (χ2v) is 18.3. The number of rotatable bonds is 20. The summed E-state index contributed by atoms with van der Waals surface area (Å²) in [6.45, 7) is 20.5. The summed E-state index contributed by atoms with van der Waals surface area (Å²) in [6.07, 6.45) is 15.2. The Morgan fingerprint density at radius 1 is 0.767 bits per heavy atom. The minimum atomic E-state index is -1.57. The van der Waals surface area contributed by atoms with Gasteiger partial charge in [-0.05, 0) is 41.7 Å². The number of hydrogen-bond donors (Lipinski definition) is 1. The van der Waals surface area contributed by atoms with Crippen LogP contribution in [-0.2, 0) is 31.1 Å². The van der Waals surface area contributed by atoms with Gasteiger partial charge in [0.25, 0.3) is 0 Å². The lowest BCUT2D eigenvalue weighted by Crippen LogP contribution is -2.71. The average Bonchev–Trinajstić information content (AvgIpc) is 2.92. The maximum atomic E-state index is 14.9. The number of ether oxygens (including phenoxy) is 1. The van der Waals surface area contributed by atoms with E-state index in [0.717, 1.165) is 44.9 Å². The van der Waals surface area contributed by atoms with E-state index in [4.69, 9.17) is 4.74 Å². The highest BCUT2D eigenvalue weighted by Crippen LogP contribution is 2.59. The van der Waals surface area contributed by atoms with Crippen LogP contribution in [-0.4, -0.2) is 46.8 Å². The van der Waals surface area contributed by atoms with Gasteiger partial charge >= 0.3 is 5.97 Å². The fraction of sp³-hybridized carbons (Fsp3) is 0.917. The van der Waals surface area contributed by atoms with Crippen LogP contribution in [0.4, 0.5) is 0 Å². The molecule has 0 aromatic rings. The quantitative estimate of drug-likeness (QED) is 0.0811. The van der Waals surface area contributed by atoms with Crippen LogP contribution < -0.4 is 0 Å². The highest BCUT2D eigenvalue weighted by molar-refractivity contribution is 7.87. The van der Waals surface area contributed by atoms with E-state index in [1.165, 1.54) is 38.5 Å². The van der Waals surface area contributed by atoms with Crippen LogP contribution in [0.1, 0.15) is 166 Å². The first-order valence-electron chi connectivity index (χ1n) is 17.5. The molecule has 0 saturated carbocycles. The van der Waals surface area contributed by atoms with Gasteiger partial charge in [-0.3, -0.25) is 13.2 Å². The van der Waals surface area contributed by atoms with Crippen LogP contribution in [0.25, 0.3) is 0 Å². The first-order valence-corrected chi connectivity index (χ1v) is 20.1. The first kappa shape index (κ1) is 40.5. The third kappa shape index (κ3) is 10.2. The SMILES string of the molecule is CCCCCCCCS(=O)C1(OC(=O)CC)C=C(C(C)(C)C)C(O)C(S(=O)CCCCCCCC)(C(C)(C)C)C1CCC. The van der Waals surface area contributed by atoms with Crippen molar-refractivity contribution in [3.05, 3.63) is 11.6 Å². The van der Waals surface area contributed by atoms with Crippen LogP contribution in [0.15, 0.2) is 11.6 Å². The Morgan fingerprint density at radius 3 is 1.65 bits per heavy atom. The first-order chi connectivity index (χ1) is 20.1. The Balaban J connectivity index is 3.85. The molecule has 0 radical (unpaired) electrons. The second-order valence-electron chi connectivity index (χ2n) is 14.8. The summed E-state index contributed by atoms with van der Waals surface area (Å²) in [4.78, 5) is 11.8. The number of unbranched alkanes of at least 4 members (excludes halogenated alkanes) is 10. The van der Waals surface area contributed by atoms with Gasteiger partial charge in [0, 0.05) is 34.6 Å². The van der Waals surface area contributed by atoms with Crippen molar-refractivity contribution in [2.45, 2.75) is 181 Å². The van der Waals surface area contributed by atoms with E-state index in [2.05, 4.69) is 41.5 Å². The fourth-order valence-corrected chi connectivity index (χ4v) is 11.4. The highest BCUT2D eigenvalue weighted by atomic mass is 32.2. The molecule has 0 fully saturated rings. The average molecular weight is 645 g/mol. The predicted octanol–water partition coefficient (Wildman–Crippen LogP) is 9.40. The molecular weight excluding hydrogens is 577 g/mol. The molecule has 0 bridgehead atoms. The molecule has 1 rings (SSSR count). The van der Waals surface area contributed by atoms with E-state index in [1.54, 1.807) is 6.92 Å². The molecule has 6 atom stereocenters. The van der Waals surface area contributed by atoms with Crippen molar-refractivity contribution >= 4 is 27.6 Å². The van der Waals surface area contributed by atoms with E-state index in [0.29, 0.717) is 23.5 Å². The third-order valence-electron chi connectivity index (χ3n) is 9.34. The Bertz CT molecular complexity index is 916. The number of hydrogen-bond acceptors (Lipinski definition) is 5. The Morgan fingerprint density at radius 2 is 1.23 bits per heavy atom. The summed E-state index contributed by atoms with van der Waals surface area (Å²) in [5.74, 6) is -0.0660. The standard InChI is InChI=1S/C36H68O5S2/c1-11-15-17-19-21-23-26-42(39)35(41-31(37)14-4)28-29(33(5,6)7)32(38)36(34(8,9)10,30(35)25-13-3)43(40)27-24-22-20-18-16-12-2/h28,30,32,38H,11-27H2,1-10H3. The van der Waals surface area contributed by atoms with Crippen LogP contribution in [0.2, 0.25) is 0 Å². The number of carbonyl (C=O) groups is 1. The molecule has 0 aromatic carbocycles. The van der Waals surface area contributed by atoms with E-state index < -0.39 is 60.1 Å². The van der Waals surface area contributed by atoms with E-state index in [1.807, 2.05) is 26.8 Å². The van der Waals surface area contributed by atoms with Gasteiger partial charge < -0.3 is 9.84 Å². The summed E-state index contributed by atoms with van der Waals surface area (Å²) in [7, 11) is -3.04. The molecule has 0 aromatic heterocycles. The minimum Gasteiger partial charge on any atom is -0.441 e. The number of aliphatic hydroxyl groups excluding tert-OH is 1. The Labute approximate surface area is 271 Å². The molecule has 0 amide bonds. The zero-order valence-corrected chi connectivity index (χ0v) is 31.3. The van der Waals surface area contributed by atoms with Crippen molar-refractivity contribution in [2.75, 3.05) is 11.5 Å². The predicted molar refractivity (Wildman–Crippen MR) is 186 cm³/mol. The van der Waals surface area contributed by atoms with Crippen molar-refractivity contribution in [3.8, 4) is 0 Å². The molecule has 0 heterocycles. The maximum absolute atomic E-state index is 14.9. The summed E-state index contributed by atoms with van der Waals surface area (Å²) in [5, 5.41) is 12.5. The van der Waals surface area contributed by atoms with Crippen molar-refractivity contribution in [2.24, 2.45) is 16.7 Å². The van der Waals surface area contributed by atoms with Gasteiger partial charge in [0.05, 0.1) is 21.7 Å². The Kier molecular flexibility index (Phi) is 17.5. The van der Waals surface area contributed by atoms with Crippen LogP contribution >= 0.6 is 0 Å². The zero-order chi connectivity index (χ0) is 32.9. The number of carbonyl (C=O) groups excluding carboxylic acids is 1. The van der Waals surface area contributed by atoms with Crippen molar-refractivity contribution in [1.82, 2.24) is 0 Å². The van der Waals surface area contributed by atoms with Crippen LogP contribution in [0.3, 0.4) is 0 Å². The lowest BCUT2D eigenvalue weighted by molar-refractivity contribution is -0.156. The van der Waals surface area contributed by atoms with Crippen molar-refractivity contribution in [3.63, 3.8) is 0 Å². The fourth-order valence-electron chi connectivity index (χ4n) is 6.98. The van der Waals surface area contributed by atoms with E-state index >= 15 is 0 Å². The summed E-state index contributed by atoms with van der Waals surface area (Å²) >= 11 is 0. The topological polar surface area (TPSA) is 80.7 Å². The molecule has 43 heavy (non-hydrogen) atoms. The van der Waals surface area contributed by atoms with Crippen molar-refractivity contribution < 1.29 is 23.1 Å². The molecule has 0 saturated heterocycles. The van der Waals surface area contributed by atoms with Crippen LogP contribution in [0, 0.1) is 16.7 Å². The van der Waals surface area contributed by atoms with Gasteiger partial charge in [-0.25, -0.2) is 0 Å². The molecule has 0 aliphatic heterocycles. The number of esters is 1. The summed E-state index contributed by atoms with van der Waals surface area (Å²) in [6, 6.07) is 0. The van der Waals surface area contributed by atoms with Gasteiger partial charge in [0.2, 0.25) is 4.93 Å². The second kappa shape index (κ2) is 18.6. The van der Waals surface area contributed by atoms with Crippen molar-refractivity contribution in [1.29, 1.82) is 0 Å². The van der Waals surface area contributed by atoms with E-state index in [9.17, 15) is 18.3 Å². The normalized spacial score (nSPS) is 26.2. The van der Waals surface area contributed by atoms with Gasteiger partial charge in [0.15, 0.2) is 0 Å². The van der Waals surface area contributed by atoms with E-state index in [-0.39, 0.29) is 6.42 Å². The number of aliphatic hydroxyl groups is 1. The Hall–Kier alpha value is -0.530. The molecular formula is C36H68O5S2. The van der Waals surface area contributed by atoms with Gasteiger partial charge in [-0.15, -0.1) is 0 Å². The molecule has 0 spiro atoms. The summed E-state index contributed by atoms with van der Waals surface area (Å²) < 4.78 is 35.0. The molecule has 1 aliphatic rings. The smallest absolute Gasteiger partial charge is 0.307 e. The molecule has 7 heteroatoms. The zero-order valence-electron chi connectivity index (χ0n) is 29.6. The van der Waals surface area contributed by atoms with Crippen LogP contribution in [0.5, 0.6) is 0 Å². The lowest BCUT2D eigenvalue weighted by Gasteiger charge is -2.60. The largest absolute Gasteiger partial charge is 0.441 e. The molecule has 254 valence electrons. The lowest BCUT2D eigenvalue weighted by atomic mass is 9.59. The molecule has 6 unspecified atom stereocenters. The summed E-state index contributed by atoms with van der Waals surface area (Å²) in [5.41, 5.74) is -0.449. The van der Waals surface area contributed by atoms with Gasteiger partial charge in [-0.1, -0.05) is 140 Å². The third-order valence-corrected chi connectivity index (χ3v) is 13.7. The van der Waals surface area contributed by atoms with Gasteiger partial charge in [-0.2, -0.15) is 0 Å². The minimum absolute atomic E-state index is 0.166. The molecule has 1 aliphatic carbocycles. The maximum Gasteiger partial charge on any atom is 0.307 e.